The summed E-state index contributed by atoms with van der Waals surface area (Å²) in [6, 6.07) is 8.73. The lowest BCUT2D eigenvalue weighted by atomic mass is 9.87. The minimum Gasteiger partial charge on any atom is -0.486 e. The maximum atomic E-state index is 14.6. The third kappa shape index (κ3) is 3.54. The van der Waals surface area contributed by atoms with Gasteiger partial charge in [-0.3, -0.25) is 0 Å². The standard InChI is InChI=1S/C28H25FN2O4/c1-14(2)24-25(21-11-17(35-18-12-34-13-18)8-15-4-3-5-19(15)21)27(28(32)33)31-26(24)22-9-16(29)10-23-20(22)6-7-30-23/h3,5-11,14,18,30-31H,4,12-13H2,1-2H3,(H,32,33). The molecule has 2 aromatic carbocycles. The van der Waals surface area contributed by atoms with Crippen LogP contribution in [0.1, 0.15) is 46.9 Å². The van der Waals surface area contributed by atoms with E-state index in [4.69, 9.17) is 9.47 Å². The Balaban J connectivity index is 1.63. The second-order valence-corrected chi connectivity index (χ2v) is 9.44. The van der Waals surface area contributed by atoms with E-state index in [1.54, 1.807) is 6.20 Å². The van der Waals surface area contributed by atoms with Crippen molar-refractivity contribution >= 4 is 22.9 Å². The van der Waals surface area contributed by atoms with E-state index < -0.39 is 5.97 Å². The van der Waals surface area contributed by atoms with E-state index in [1.807, 2.05) is 38.1 Å². The van der Waals surface area contributed by atoms with E-state index >= 15 is 0 Å². The molecule has 6 nitrogen and oxygen atoms in total. The van der Waals surface area contributed by atoms with E-state index in [0.29, 0.717) is 41.3 Å². The molecule has 0 amide bonds. The van der Waals surface area contributed by atoms with Crippen molar-refractivity contribution < 1.29 is 23.8 Å². The Morgan fingerprint density at radius 3 is 2.74 bits per heavy atom. The highest BCUT2D eigenvalue weighted by Gasteiger charge is 2.30. The van der Waals surface area contributed by atoms with Gasteiger partial charge in [0.2, 0.25) is 0 Å². The van der Waals surface area contributed by atoms with Crippen molar-refractivity contribution in [2.24, 2.45) is 0 Å². The van der Waals surface area contributed by atoms with Gasteiger partial charge < -0.3 is 24.5 Å². The van der Waals surface area contributed by atoms with Gasteiger partial charge in [-0.25, -0.2) is 9.18 Å². The fourth-order valence-corrected chi connectivity index (χ4v) is 5.19. The van der Waals surface area contributed by atoms with Crippen LogP contribution in [-0.2, 0) is 11.2 Å². The lowest BCUT2D eigenvalue weighted by molar-refractivity contribution is -0.0796. The summed E-state index contributed by atoms with van der Waals surface area (Å²) in [5.41, 5.74) is 6.32. The summed E-state index contributed by atoms with van der Waals surface area (Å²) in [5.74, 6) is -0.792. The first-order valence-electron chi connectivity index (χ1n) is 11.7. The van der Waals surface area contributed by atoms with Gasteiger partial charge in [0, 0.05) is 28.2 Å². The van der Waals surface area contributed by atoms with Crippen molar-refractivity contribution in [2.45, 2.75) is 32.3 Å². The number of carboxylic acid groups (broad SMARTS) is 1. The molecule has 1 saturated heterocycles. The molecule has 3 heterocycles. The molecule has 2 aliphatic rings. The number of H-pyrrole nitrogens is 2. The maximum Gasteiger partial charge on any atom is 0.352 e. The number of halogens is 1. The number of aromatic carboxylic acids is 1. The predicted octanol–water partition coefficient (Wildman–Crippen LogP) is 6.14. The summed E-state index contributed by atoms with van der Waals surface area (Å²) < 4.78 is 26.0. The topological polar surface area (TPSA) is 87.3 Å². The Labute approximate surface area is 201 Å². The molecule has 0 unspecified atom stereocenters. The molecule has 1 aliphatic carbocycles. The molecule has 1 aliphatic heterocycles. The highest BCUT2D eigenvalue weighted by molar-refractivity contribution is 6.03. The molecule has 3 N–H and O–H groups in total. The fraction of sp³-hybridized carbons (Fsp3) is 0.250. The second kappa shape index (κ2) is 8.13. The van der Waals surface area contributed by atoms with Gasteiger partial charge in [0.05, 0.1) is 18.9 Å². The smallest absolute Gasteiger partial charge is 0.352 e. The zero-order chi connectivity index (χ0) is 24.3. The van der Waals surface area contributed by atoms with Crippen LogP contribution in [0.3, 0.4) is 0 Å². The van der Waals surface area contributed by atoms with Gasteiger partial charge in [-0.15, -0.1) is 0 Å². The van der Waals surface area contributed by atoms with Crippen LogP contribution in [0.4, 0.5) is 4.39 Å². The SMILES string of the molecule is CC(C)c1c(-c2cc(F)cc3[nH]ccc23)[nH]c(C(=O)O)c1-c1cc(OC2COC2)cc2c1C=CC2. The number of fused-ring (bicyclic) bond motifs is 2. The Morgan fingerprint density at radius 1 is 1.20 bits per heavy atom. The summed E-state index contributed by atoms with van der Waals surface area (Å²) in [7, 11) is 0. The van der Waals surface area contributed by atoms with Crippen LogP contribution in [0.15, 0.2) is 42.6 Å². The zero-order valence-electron chi connectivity index (χ0n) is 19.4. The third-order valence-corrected chi connectivity index (χ3v) is 6.77. The Morgan fingerprint density at radius 2 is 2.03 bits per heavy atom. The average molecular weight is 473 g/mol. The van der Waals surface area contributed by atoms with Crippen molar-refractivity contribution in [1.29, 1.82) is 0 Å². The van der Waals surface area contributed by atoms with Gasteiger partial charge in [-0.2, -0.15) is 0 Å². The summed E-state index contributed by atoms with van der Waals surface area (Å²) in [5, 5.41) is 11.1. The first-order chi connectivity index (χ1) is 16.9. The molecular weight excluding hydrogens is 447 g/mol. The number of rotatable bonds is 6. The summed E-state index contributed by atoms with van der Waals surface area (Å²) in [6.07, 6.45) is 6.62. The summed E-state index contributed by atoms with van der Waals surface area (Å²) >= 11 is 0. The molecule has 1 fully saturated rings. The molecule has 0 bridgehead atoms. The van der Waals surface area contributed by atoms with Gasteiger partial charge >= 0.3 is 5.97 Å². The Kier molecular flexibility index (Phi) is 5.04. The molecular formula is C28H25FN2O4. The van der Waals surface area contributed by atoms with Crippen molar-refractivity contribution in [2.75, 3.05) is 13.2 Å². The van der Waals surface area contributed by atoms with E-state index in [9.17, 15) is 14.3 Å². The molecule has 178 valence electrons. The number of carboxylic acids is 1. The number of nitrogens with one attached hydrogen (secondary N) is 2. The molecule has 0 radical (unpaired) electrons. The molecule has 6 rings (SSSR count). The quantitative estimate of drug-likeness (QED) is 0.315. The maximum absolute atomic E-state index is 14.6. The van der Waals surface area contributed by atoms with E-state index in [2.05, 4.69) is 16.0 Å². The van der Waals surface area contributed by atoms with Gasteiger partial charge in [-0.1, -0.05) is 26.0 Å². The van der Waals surface area contributed by atoms with Gasteiger partial charge in [-0.05, 0) is 64.9 Å². The van der Waals surface area contributed by atoms with Crippen LogP contribution in [0.2, 0.25) is 0 Å². The number of ether oxygens (including phenoxy) is 2. The number of hydrogen-bond donors (Lipinski definition) is 3. The van der Waals surface area contributed by atoms with Crippen LogP contribution in [0.25, 0.3) is 39.4 Å². The largest absolute Gasteiger partial charge is 0.486 e. The van der Waals surface area contributed by atoms with Crippen molar-refractivity contribution in [3.05, 3.63) is 70.8 Å². The minimum atomic E-state index is -1.07. The highest BCUT2D eigenvalue weighted by Crippen LogP contribution is 2.46. The summed E-state index contributed by atoms with van der Waals surface area (Å²) in [6.45, 7) is 5.14. The first-order valence-corrected chi connectivity index (χ1v) is 11.7. The van der Waals surface area contributed by atoms with E-state index in [0.717, 1.165) is 34.1 Å². The minimum absolute atomic E-state index is 0.00488. The van der Waals surface area contributed by atoms with E-state index in [-0.39, 0.29) is 23.5 Å². The van der Waals surface area contributed by atoms with Crippen LogP contribution in [-0.4, -0.2) is 40.4 Å². The zero-order valence-corrected chi connectivity index (χ0v) is 19.4. The Bertz CT molecular complexity index is 1510. The van der Waals surface area contributed by atoms with Crippen LogP contribution >= 0.6 is 0 Å². The first kappa shape index (κ1) is 21.7. The van der Waals surface area contributed by atoms with Crippen LogP contribution in [0.5, 0.6) is 5.75 Å². The van der Waals surface area contributed by atoms with Gasteiger partial charge in [0.1, 0.15) is 23.4 Å². The average Bonchev–Trinajstić information content (AvgIpc) is 3.52. The highest BCUT2D eigenvalue weighted by atomic mass is 19.1. The lowest BCUT2D eigenvalue weighted by Gasteiger charge is -2.27. The van der Waals surface area contributed by atoms with E-state index in [1.165, 1.54) is 12.1 Å². The molecule has 7 heteroatoms. The molecule has 0 spiro atoms. The monoisotopic (exact) mass is 472 g/mol. The summed E-state index contributed by atoms with van der Waals surface area (Å²) in [4.78, 5) is 18.8. The Hall–Kier alpha value is -3.84. The van der Waals surface area contributed by atoms with Crippen molar-refractivity contribution in [3.63, 3.8) is 0 Å². The number of allylic oxidation sites excluding steroid dienone is 1. The van der Waals surface area contributed by atoms with Crippen molar-refractivity contribution in [3.8, 4) is 28.1 Å². The second-order valence-electron chi connectivity index (χ2n) is 9.44. The number of aromatic amines is 2. The lowest BCUT2D eigenvalue weighted by Crippen LogP contribution is -2.38. The molecule has 4 aromatic rings. The van der Waals surface area contributed by atoms with Gasteiger partial charge in [0.25, 0.3) is 0 Å². The normalized spacial score (nSPS) is 15.1. The number of hydrogen-bond acceptors (Lipinski definition) is 3. The molecule has 2 aromatic heterocycles. The number of benzene rings is 2. The van der Waals surface area contributed by atoms with Gasteiger partial charge in [0.15, 0.2) is 0 Å². The number of carbonyl (C=O) groups is 1. The van der Waals surface area contributed by atoms with Crippen molar-refractivity contribution in [1.82, 2.24) is 9.97 Å². The predicted molar refractivity (Wildman–Crippen MR) is 133 cm³/mol. The third-order valence-electron chi connectivity index (χ3n) is 6.77. The molecule has 0 saturated carbocycles. The van der Waals surface area contributed by atoms with Crippen LogP contribution in [0, 0.1) is 5.82 Å². The number of aromatic nitrogens is 2. The molecule has 0 atom stereocenters. The fourth-order valence-electron chi connectivity index (χ4n) is 5.19. The van der Waals surface area contributed by atoms with Crippen LogP contribution < -0.4 is 4.74 Å². The molecule has 35 heavy (non-hydrogen) atoms.